The van der Waals surface area contributed by atoms with Crippen LogP contribution in [0, 0.1) is 5.92 Å². The van der Waals surface area contributed by atoms with Gasteiger partial charge in [0.1, 0.15) is 5.82 Å². The number of aromatic nitrogens is 2. The van der Waals surface area contributed by atoms with Crippen LogP contribution in [0.25, 0.3) is 0 Å². The highest BCUT2D eigenvalue weighted by atomic mass is 16.3. The van der Waals surface area contributed by atoms with Crippen LogP contribution in [-0.2, 0) is 13.0 Å². The summed E-state index contributed by atoms with van der Waals surface area (Å²) in [5.74, 6) is 1.93. The number of nitrogens with zero attached hydrogens (tertiary/aromatic N) is 3. The van der Waals surface area contributed by atoms with Crippen LogP contribution in [0.2, 0.25) is 0 Å². The van der Waals surface area contributed by atoms with Gasteiger partial charge in [0.05, 0.1) is 18.0 Å². The summed E-state index contributed by atoms with van der Waals surface area (Å²) >= 11 is 0. The third kappa shape index (κ3) is 2.70. The number of fused-ring (bicyclic) bond motifs is 1. The van der Waals surface area contributed by atoms with E-state index in [0.717, 1.165) is 44.0 Å². The van der Waals surface area contributed by atoms with Crippen molar-refractivity contribution in [3.63, 3.8) is 0 Å². The highest BCUT2D eigenvalue weighted by Gasteiger charge is 2.25. The number of piperidine rings is 1. The Labute approximate surface area is 115 Å². The van der Waals surface area contributed by atoms with Gasteiger partial charge in [-0.05, 0) is 44.7 Å². The van der Waals surface area contributed by atoms with E-state index >= 15 is 0 Å². The second-order valence-electron chi connectivity index (χ2n) is 6.01. The second kappa shape index (κ2) is 5.63. The Morgan fingerprint density at radius 3 is 3.00 bits per heavy atom. The zero-order chi connectivity index (χ0) is 13.2. The second-order valence-corrected chi connectivity index (χ2v) is 6.01. The Balaban J connectivity index is 1.70. The van der Waals surface area contributed by atoms with Crippen molar-refractivity contribution in [3.8, 4) is 0 Å². The molecule has 3 rings (SSSR count). The summed E-state index contributed by atoms with van der Waals surface area (Å²) in [7, 11) is 0. The summed E-state index contributed by atoms with van der Waals surface area (Å²) in [6, 6.07) is 0. The summed E-state index contributed by atoms with van der Waals surface area (Å²) in [5.41, 5.74) is 1.03. The Morgan fingerprint density at radius 1 is 1.32 bits per heavy atom. The van der Waals surface area contributed by atoms with Crippen LogP contribution >= 0.6 is 0 Å². The maximum atomic E-state index is 9.99. The molecule has 1 fully saturated rings. The number of imidazole rings is 1. The molecule has 2 unspecified atom stereocenters. The Hall–Kier alpha value is -0.870. The van der Waals surface area contributed by atoms with Crippen molar-refractivity contribution in [2.45, 2.75) is 51.7 Å². The number of aliphatic hydroxyl groups excluding tert-OH is 1. The summed E-state index contributed by atoms with van der Waals surface area (Å²) < 4.78 is 2.26. The molecule has 1 N–H and O–H groups in total. The SMILES string of the molecule is CCN1CCCC(Cc2ncc3n2CCCC3O)C1. The molecular weight excluding hydrogens is 238 g/mol. The normalized spacial score (nSPS) is 28.3. The molecule has 4 heteroatoms. The molecule has 2 atom stereocenters. The van der Waals surface area contributed by atoms with Gasteiger partial charge >= 0.3 is 0 Å². The van der Waals surface area contributed by atoms with E-state index in [4.69, 9.17) is 0 Å². The fourth-order valence-electron chi connectivity index (χ4n) is 3.57. The topological polar surface area (TPSA) is 41.3 Å². The van der Waals surface area contributed by atoms with E-state index < -0.39 is 0 Å². The molecule has 0 aliphatic carbocycles. The van der Waals surface area contributed by atoms with Gasteiger partial charge in [-0.1, -0.05) is 6.92 Å². The zero-order valence-corrected chi connectivity index (χ0v) is 11.9. The van der Waals surface area contributed by atoms with Crippen molar-refractivity contribution in [2.75, 3.05) is 19.6 Å². The van der Waals surface area contributed by atoms with Gasteiger partial charge in [-0.2, -0.15) is 0 Å². The van der Waals surface area contributed by atoms with Crippen molar-refractivity contribution in [1.82, 2.24) is 14.5 Å². The lowest BCUT2D eigenvalue weighted by atomic mass is 9.94. The molecule has 0 bridgehead atoms. The van der Waals surface area contributed by atoms with Crippen molar-refractivity contribution in [1.29, 1.82) is 0 Å². The molecule has 2 aliphatic rings. The fraction of sp³-hybridized carbons (Fsp3) is 0.800. The van der Waals surface area contributed by atoms with Crippen LogP contribution in [-0.4, -0.2) is 39.2 Å². The predicted molar refractivity (Wildman–Crippen MR) is 75.0 cm³/mol. The summed E-state index contributed by atoms with van der Waals surface area (Å²) in [5, 5.41) is 9.99. The van der Waals surface area contributed by atoms with Crippen molar-refractivity contribution < 1.29 is 5.11 Å². The van der Waals surface area contributed by atoms with Gasteiger partial charge in [-0.3, -0.25) is 0 Å². The molecule has 4 nitrogen and oxygen atoms in total. The van der Waals surface area contributed by atoms with Crippen LogP contribution in [0.5, 0.6) is 0 Å². The van der Waals surface area contributed by atoms with E-state index in [1.165, 1.54) is 31.8 Å². The lowest BCUT2D eigenvalue weighted by Gasteiger charge is -2.32. The molecule has 19 heavy (non-hydrogen) atoms. The number of hydrogen-bond acceptors (Lipinski definition) is 3. The number of likely N-dealkylation sites (tertiary alicyclic amines) is 1. The molecule has 0 aromatic carbocycles. The number of aliphatic hydroxyl groups is 1. The monoisotopic (exact) mass is 263 g/mol. The average molecular weight is 263 g/mol. The molecule has 3 heterocycles. The van der Waals surface area contributed by atoms with Crippen LogP contribution in [0.1, 0.15) is 50.2 Å². The number of hydrogen-bond donors (Lipinski definition) is 1. The molecule has 0 spiro atoms. The Bertz CT molecular complexity index is 429. The van der Waals surface area contributed by atoms with E-state index in [-0.39, 0.29) is 6.10 Å². The quantitative estimate of drug-likeness (QED) is 0.906. The summed E-state index contributed by atoms with van der Waals surface area (Å²) in [6.45, 7) is 6.91. The first-order valence-electron chi connectivity index (χ1n) is 7.72. The lowest BCUT2D eigenvalue weighted by molar-refractivity contribution is 0.137. The third-order valence-corrected chi connectivity index (χ3v) is 4.69. The minimum absolute atomic E-state index is 0.298. The molecule has 0 saturated carbocycles. The first kappa shape index (κ1) is 13.1. The van der Waals surface area contributed by atoms with Gasteiger partial charge in [0.2, 0.25) is 0 Å². The van der Waals surface area contributed by atoms with Gasteiger partial charge in [0.25, 0.3) is 0 Å². The van der Waals surface area contributed by atoms with E-state index in [1.807, 2.05) is 6.20 Å². The molecule has 106 valence electrons. The minimum Gasteiger partial charge on any atom is -0.387 e. The fourth-order valence-corrected chi connectivity index (χ4v) is 3.57. The minimum atomic E-state index is -0.298. The van der Waals surface area contributed by atoms with Crippen LogP contribution < -0.4 is 0 Å². The molecule has 1 aromatic rings. The standard InChI is InChI=1S/C15H25N3O/c1-2-17-7-3-5-12(11-17)9-15-16-10-13-14(19)6-4-8-18(13)15/h10,12,14,19H,2-9,11H2,1H3. The average Bonchev–Trinajstić information content (AvgIpc) is 2.84. The predicted octanol–water partition coefficient (Wildman–Crippen LogP) is 1.98. The van der Waals surface area contributed by atoms with E-state index in [1.54, 1.807) is 0 Å². The highest BCUT2D eigenvalue weighted by molar-refractivity contribution is 5.11. The van der Waals surface area contributed by atoms with E-state index in [2.05, 4.69) is 21.4 Å². The van der Waals surface area contributed by atoms with Gasteiger partial charge in [-0.15, -0.1) is 0 Å². The maximum Gasteiger partial charge on any atom is 0.109 e. The molecule has 0 radical (unpaired) electrons. The van der Waals surface area contributed by atoms with Crippen molar-refractivity contribution >= 4 is 0 Å². The number of rotatable bonds is 3. The first-order chi connectivity index (χ1) is 9.28. The van der Waals surface area contributed by atoms with E-state index in [9.17, 15) is 5.11 Å². The Kier molecular flexibility index (Phi) is 3.89. The summed E-state index contributed by atoms with van der Waals surface area (Å²) in [6.07, 6.45) is 7.26. The van der Waals surface area contributed by atoms with Crippen LogP contribution in [0.4, 0.5) is 0 Å². The van der Waals surface area contributed by atoms with Crippen molar-refractivity contribution in [2.24, 2.45) is 5.92 Å². The van der Waals surface area contributed by atoms with E-state index in [0.29, 0.717) is 0 Å². The first-order valence-corrected chi connectivity index (χ1v) is 7.72. The maximum absolute atomic E-state index is 9.99. The molecular formula is C15H25N3O. The largest absolute Gasteiger partial charge is 0.387 e. The smallest absolute Gasteiger partial charge is 0.109 e. The molecule has 1 saturated heterocycles. The third-order valence-electron chi connectivity index (χ3n) is 4.69. The zero-order valence-electron chi connectivity index (χ0n) is 11.9. The molecule has 0 amide bonds. The Morgan fingerprint density at radius 2 is 2.16 bits per heavy atom. The van der Waals surface area contributed by atoms with Gasteiger partial charge in [0, 0.05) is 19.5 Å². The lowest BCUT2D eigenvalue weighted by Crippen LogP contribution is -2.36. The van der Waals surface area contributed by atoms with Crippen molar-refractivity contribution in [3.05, 3.63) is 17.7 Å². The summed E-state index contributed by atoms with van der Waals surface area (Å²) in [4.78, 5) is 7.12. The van der Waals surface area contributed by atoms with Crippen LogP contribution in [0.15, 0.2) is 6.20 Å². The highest BCUT2D eigenvalue weighted by Crippen LogP contribution is 2.28. The van der Waals surface area contributed by atoms with Gasteiger partial charge in [0.15, 0.2) is 0 Å². The van der Waals surface area contributed by atoms with Gasteiger partial charge < -0.3 is 14.6 Å². The van der Waals surface area contributed by atoms with Gasteiger partial charge in [-0.25, -0.2) is 4.98 Å². The van der Waals surface area contributed by atoms with Crippen LogP contribution in [0.3, 0.4) is 0 Å². The molecule has 1 aromatic heterocycles. The molecule has 2 aliphatic heterocycles.